The fraction of sp³-hybridized carbons (Fsp3) is 0.528. The number of aliphatic carboxylic acids is 1. The van der Waals surface area contributed by atoms with Crippen molar-refractivity contribution in [2.24, 2.45) is 5.92 Å². The van der Waals surface area contributed by atoms with Crippen LogP contribution in [0.3, 0.4) is 0 Å². The van der Waals surface area contributed by atoms with E-state index in [-0.39, 0.29) is 32.2 Å². The molecule has 3 amide bonds. The Morgan fingerprint density at radius 1 is 1.00 bits per heavy atom. The minimum atomic E-state index is -3.12. The summed E-state index contributed by atoms with van der Waals surface area (Å²) >= 11 is 0. The Morgan fingerprint density at radius 3 is 2.41 bits per heavy atom. The lowest BCUT2D eigenvalue weighted by molar-refractivity contribution is -0.146. The molecule has 6 rings (SSSR count). The molecule has 0 bridgehead atoms. The number of nitrogens with zero attached hydrogens (tertiary/aromatic N) is 2. The maximum atomic E-state index is 14.9. The second-order valence-electron chi connectivity index (χ2n) is 14.5. The topological polar surface area (TPSA) is 147 Å². The molecule has 49 heavy (non-hydrogen) atoms. The summed E-state index contributed by atoms with van der Waals surface area (Å²) in [4.78, 5) is 59.5. The smallest absolute Gasteiger partial charge is 0.408 e. The first-order chi connectivity index (χ1) is 23.2. The number of amides is 3. The summed E-state index contributed by atoms with van der Waals surface area (Å²) < 4.78 is 41.8. The van der Waals surface area contributed by atoms with E-state index in [1.54, 1.807) is 20.8 Å². The van der Waals surface area contributed by atoms with E-state index >= 15 is 0 Å². The van der Waals surface area contributed by atoms with Gasteiger partial charge in [-0.2, -0.15) is 0 Å². The van der Waals surface area contributed by atoms with Gasteiger partial charge in [-0.05, 0) is 57.6 Å². The number of carboxylic acid groups (broad SMARTS) is 1. The molecule has 13 heteroatoms. The van der Waals surface area contributed by atoms with Crippen LogP contribution in [0, 0.1) is 5.92 Å². The third-order valence-corrected chi connectivity index (χ3v) is 9.60. The number of hydrogen-bond donors (Lipinski definition) is 3. The Balaban J connectivity index is 1.33. The molecule has 1 saturated carbocycles. The van der Waals surface area contributed by atoms with Crippen LogP contribution in [0.1, 0.15) is 72.1 Å². The predicted octanol–water partition coefficient (Wildman–Crippen LogP) is 5.58. The number of ether oxygens (including phenoxy) is 2. The molecule has 2 aromatic carbocycles. The van der Waals surface area contributed by atoms with E-state index in [9.17, 15) is 33.1 Å². The number of para-hydroxylation sites is 1. The van der Waals surface area contributed by atoms with Crippen molar-refractivity contribution in [3.05, 3.63) is 48.5 Å². The Labute approximate surface area is 282 Å². The minimum absolute atomic E-state index is 0.0178. The molecule has 3 aliphatic rings. The number of alkyl halides is 2. The Hall–Kier alpha value is -4.55. The monoisotopic (exact) mass is 680 g/mol. The Kier molecular flexibility index (Phi) is 9.14. The van der Waals surface area contributed by atoms with Crippen molar-refractivity contribution in [1.29, 1.82) is 0 Å². The molecule has 262 valence electrons. The minimum Gasteiger partial charge on any atom is -0.479 e. The number of fused-ring (bicyclic) bond motifs is 5. The van der Waals surface area contributed by atoms with Crippen LogP contribution in [0.25, 0.3) is 21.7 Å². The lowest BCUT2D eigenvalue weighted by atomic mass is 10.0. The van der Waals surface area contributed by atoms with Crippen molar-refractivity contribution in [2.75, 3.05) is 6.54 Å². The molecule has 3 heterocycles. The van der Waals surface area contributed by atoms with Gasteiger partial charge in [0.2, 0.25) is 23.6 Å². The summed E-state index contributed by atoms with van der Waals surface area (Å²) in [6.45, 7) is 4.99. The Morgan fingerprint density at radius 2 is 1.69 bits per heavy atom. The van der Waals surface area contributed by atoms with Gasteiger partial charge >= 0.3 is 12.1 Å². The van der Waals surface area contributed by atoms with Gasteiger partial charge in [0.05, 0.1) is 12.1 Å². The molecule has 0 spiro atoms. The summed E-state index contributed by atoms with van der Waals surface area (Å²) in [6, 6.07) is 12.9. The molecule has 2 saturated heterocycles. The summed E-state index contributed by atoms with van der Waals surface area (Å²) in [6.07, 6.45) is -1.86. The first kappa shape index (κ1) is 34.3. The quantitative estimate of drug-likeness (QED) is 0.303. The van der Waals surface area contributed by atoms with E-state index in [0.29, 0.717) is 24.2 Å². The molecule has 3 N–H and O–H groups in total. The largest absolute Gasteiger partial charge is 0.479 e. The van der Waals surface area contributed by atoms with E-state index in [2.05, 4.69) is 10.6 Å². The van der Waals surface area contributed by atoms with E-state index in [0.717, 1.165) is 16.2 Å². The van der Waals surface area contributed by atoms with Crippen LogP contribution in [0.5, 0.6) is 5.88 Å². The standard InChI is InChI=1S/C36H42F2N4O7/c1-34(2,3)49-33(47)40-27-15-5-4-10-16-35(37,38)18-21-19-36(21,32(45)46)41-29(43)28-17-22(20-42(28)31(27)44)48-30-25-13-7-6-11-23(25)24-12-8-9-14-26(24)39-30/h6-9,11-14,21-22,27-28H,4-5,10,15-20H2,1-3H3,(H,40,47)(H,41,43)(H,45,46)/t21-,22-,27+,28+,36-/m1/s1. The normalized spacial score (nSPS) is 27.7. The average molecular weight is 681 g/mol. The number of carbonyl (C=O) groups excluding carboxylic acids is 3. The lowest BCUT2D eigenvalue weighted by Gasteiger charge is -2.30. The van der Waals surface area contributed by atoms with Crippen LogP contribution >= 0.6 is 0 Å². The van der Waals surface area contributed by atoms with Crippen LogP contribution in [-0.2, 0) is 19.1 Å². The van der Waals surface area contributed by atoms with Crippen molar-refractivity contribution < 1.29 is 42.5 Å². The van der Waals surface area contributed by atoms with E-state index in [1.807, 2.05) is 48.5 Å². The van der Waals surface area contributed by atoms with Crippen LogP contribution in [-0.4, -0.2) is 80.7 Å². The van der Waals surface area contributed by atoms with Gasteiger partial charge < -0.3 is 30.1 Å². The van der Waals surface area contributed by atoms with Gasteiger partial charge in [-0.15, -0.1) is 0 Å². The van der Waals surface area contributed by atoms with Gasteiger partial charge in [0.25, 0.3) is 0 Å². The first-order valence-corrected chi connectivity index (χ1v) is 16.8. The van der Waals surface area contributed by atoms with Crippen molar-refractivity contribution in [2.45, 2.75) is 107 Å². The molecule has 0 radical (unpaired) electrons. The number of nitrogens with one attached hydrogen (secondary N) is 2. The van der Waals surface area contributed by atoms with Gasteiger partial charge in [-0.25, -0.2) is 23.4 Å². The highest BCUT2D eigenvalue weighted by Gasteiger charge is 2.64. The van der Waals surface area contributed by atoms with Gasteiger partial charge in [0, 0.05) is 36.0 Å². The number of aromatic nitrogens is 1. The summed E-state index contributed by atoms with van der Waals surface area (Å²) in [5, 5.41) is 17.9. The summed E-state index contributed by atoms with van der Waals surface area (Å²) in [7, 11) is 0. The number of hydrogen-bond acceptors (Lipinski definition) is 7. The zero-order chi connectivity index (χ0) is 35.1. The highest BCUT2D eigenvalue weighted by molar-refractivity contribution is 6.07. The molecule has 3 aromatic rings. The van der Waals surface area contributed by atoms with Gasteiger partial charge in [-0.3, -0.25) is 9.59 Å². The van der Waals surface area contributed by atoms with Crippen LogP contribution in [0.2, 0.25) is 0 Å². The number of carboxylic acids is 1. The molecule has 2 aliphatic heterocycles. The summed E-state index contributed by atoms with van der Waals surface area (Å²) in [5.74, 6) is -6.53. The number of pyridine rings is 1. The van der Waals surface area contributed by atoms with E-state index < -0.39 is 77.9 Å². The van der Waals surface area contributed by atoms with Crippen LogP contribution in [0.4, 0.5) is 13.6 Å². The van der Waals surface area contributed by atoms with Gasteiger partial charge in [0.15, 0.2) is 0 Å². The number of rotatable bonds is 4. The first-order valence-electron chi connectivity index (χ1n) is 16.8. The fourth-order valence-corrected chi connectivity index (χ4v) is 7.12. The maximum Gasteiger partial charge on any atom is 0.408 e. The van der Waals surface area contributed by atoms with E-state index in [4.69, 9.17) is 14.5 Å². The second kappa shape index (κ2) is 13.1. The third kappa shape index (κ3) is 7.40. The number of benzene rings is 2. The van der Waals surface area contributed by atoms with Crippen LogP contribution in [0.15, 0.2) is 48.5 Å². The fourth-order valence-electron chi connectivity index (χ4n) is 7.12. The molecule has 11 nitrogen and oxygen atoms in total. The molecular formula is C36H42F2N4O7. The van der Waals surface area contributed by atoms with Crippen molar-refractivity contribution in [3.8, 4) is 5.88 Å². The average Bonchev–Trinajstić information content (AvgIpc) is 3.53. The molecular weight excluding hydrogens is 638 g/mol. The lowest BCUT2D eigenvalue weighted by Crippen LogP contribution is -2.56. The molecule has 5 atom stereocenters. The van der Waals surface area contributed by atoms with Crippen molar-refractivity contribution in [1.82, 2.24) is 20.5 Å². The van der Waals surface area contributed by atoms with Crippen LogP contribution < -0.4 is 15.4 Å². The predicted molar refractivity (Wildman–Crippen MR) is 176 cm³/mol. The van der Waals surface area contributed by atoms with E-state index in [1.165, 1.54) is 4.90 Å². The summed E-state index contributed by atoms with van der Waals surface area (Å²) in [5.41, 5.74) is -2.02. The number of alkyl carbamates (subject to hydrolysis) is 1. The SMILES string of the molecule is CC(C)(C)OC(=O)N[C@H]1CCCCCC(F)(F)C[C@@H]2C[C@@]2(C(=O)O)NC(=O)[C@@H]2C[C@@H](Oc3nc4ccccc4c4ccccc34)CN2C1=O. The van der Waals surface area contributed by atoms with Crippen molar-refractivity contribution in [3.63, 3.8) is 0 Å². The number of carbonyl (C=O) groups is 4. The maximum absolute atomic E-state index is 14.9. The third-order valence-electron chi connectivity index (χ3n) is 9.60. The molecule has 0 unspecified atom stereocenters. The van der Waals surface area contributed by atoms with Crippen molar-refractivity contribution >= 4 is 45.6 Å². The zero-order valence-corrected chi connectivity index (χ0v) is 27.8. The highest BCUT2D eigenvalue weighted by Crippen LogP contribution is 2.51. The Bertz CT molecular complexity index is 1780. The highest BCUT2D eigenvalue weighted by atomic mass is 19.3. The molecule has 1 aromatic heterocycles. The molecule has 3 fully saturated rings. The number of halogens is 2. The molecule has 1 aliphatic carbocycles. The van der Waals surface area contributed by atoms with Gasteiger partial charge in [-0.1, -0.05) is 49.2 Å². The van der Waals surface area contributed by atoms with Gasteiger partial charge in [0.1, 0.15) is 29.3 Å². The zero-order valence-electron chi connectivity index (χ0n) is 27.8. The second-order valence-corrected chi connectivity index (χ2v) is 14.5.